The average Bonchev–Trinajstić information content (AvgIpc) is 3.16. The summed E-state index contributed by atoms with van der Waals surface area (Å²) >= 11 is 2.91. The second kappa shape index (κ2) is 13.1. The van der Waals surface area contributed by atoms with Crippen molar-refractivity contribution in [3.05, 3.63) is 42.5 Å². The molecule has 1 heterocycles. The van der Waals surface area contributed by atoms with Crippen molar-refractivity contribution >= 4 is 68.4 Å². The van der Waals surface area contributed by atoms with E-state index in [1.807, 2.05) is 42.5 Å². The number of hydrogen-bond acceptors (Lipinski definition) is 7. The van der Waals surface area contributed by atoms with E-state index in [1.165, 1.54) is 23.1 Å². The Balaban J connectivity index is 0.00000363. The Morgan fingerprint density at radius 1 is 1.09 bits per heavy atom. The number of unbranched alkanes of at least 4 members (excludes halogenated alkanes) is 2. The first-order valence-corrected chi connectivity index (χ1v) is 11.8. The van der Waals surface area contributed by atoms with Crippen molar-refractivity contribution in [3.63, 3.8) is 0 Å². The summed E-state index contributed by atoms with van der Waals surface area (Å²) in [6.45, 7) is 0.614. The van der Waals surface area contributed by atoms with E-state index in [0.29, 0.717) is 29.5 Å². The van der Waals surface area contributed by atoms with Crippen molar-refractivity contribution < 1.29 is 14.3 Å². The number of hydrogen-bond donors (Lipinski definition) is 3. The fourth-order valence-electron chi connectivity index (χ4n) is 2.85. The number of anilines is 2. The number of rotatable bonds is 11. The topological polar surface area (TPSA) is 106 Å². The molecule has 1 aromatic heterocycles. The molecule has 0 unspecified atom stereocenters. The summed E-state index contributed by atoms with van der Waals surface area (Å²) in [7, 11) is 1.62. The Labute approximate surface area is 201 Å². The summed E-state index contributed by atoms with van der Waals surface area (Å²) in [5.74, 6) is 1.10. The van der Waals surface area contributed by atoms with Gasteiger partial charge in [-0.1, -0.05) is 17.8 Å². The molecule has 4 N–H and O–H groups in total. The number of nitrogens with zero attached hydrogens (tertiary/aromatic N) is 1. The molecule has 0 aliphatic carbocycles. The maximum atomic E-state index is 12.1. The van der Waals surface area contributed by atoms with E-state index in [0.717, 1.165) is 40.1 Å². The van der Waals surface area contributed by atoms with Crippen LogP contribution in [0, 0.1) is 0 Å². The third kappa shape index (κ3) is 8.22. The first-order valence-electron chi connectivity index (χ1n) is 10.0. The van der Waals surface area contributed by atoms with Gasteiger partial charge in [-0.2, -0.15) is 0 Å². The Kier molecular flexibility index (Phi) is 10.6. The lowest BCUT2D eigenvalue weighted by Crippen LogP contribution is -2.26. The highest BCUT2D eigenvalue weighted by atomic mass is 35.5. The molecule has 0 fully saturated rings. The Bertz CT molecular complexity index is 1030. The quantitative estimate of drug-likeness (QED) is 0.202. The van der Waals surface area contributed by atoms with Gasteiger partial charge in [0.15, 0.2) is 5.13 Å². The zero-order valence-electron chi connectivity index (χ0n) is 17.8. The van der Waals surface area contributed by atoms with Crippen molar-refractivity contribution in [2.75, 3.05) is 30.5 Å². The summed E-state index contributed by atoms with van der Waals surface area (Å²) in [6, 6.07) is 13.1. The van der Waals surface area contributed by atoms with Crippen LogP contribution in [-0.4, -0.2) is 36.2 Å². The van der Waals surface area contributed by atoms with Crippen molar-refractivity contribution in [3.8, 4) is 5.75 Å². The van der Waals surface area contributed by atoms with Crippen LogP contribution in [0.4, 0.5) is 10.8 Å². The van der Waals surface area contributed by atoms with E-state index in [2.05, 4.69) is 15.6 Å². The number of halogens is 1. The number of carbonyl (C=O) groups is 2. The van der Waals surface area contributed by atoms with Crippen molar-refractivity contribution in [2.24, 2.45) is 0 Å². The number of ether oxygens (including phenoxy) is 1. The monoisotopic (exact) mass is 494 g/mol. The predicted molar refractivity (Wildman–Crippen MR) is 135 cm³/mol. The molecule has 0 aliphatic rings. The highest BCUT2D eigenvalue weighted by Crippen LogP contribution is 2.29. The molecule has 172 valence electrons. The lowest BCUT2D eigenvalue weighted by molar-refractivity contribution is -0.118. The minimum Gasteiger partial charge on any atom is -0.497 e. The van der Waals surface area contributed by atoms with Gasteiger partial charge in [-0.25, -0.2) is 4.98 Å². The van der Waals surface area contributed by atoms with Crippen LogP contribution in [0.1, 0.15) is 25.7 Å². The second-order valence-corrected chi connectivity index (χ2v) is 9.00. The maximum absolute atomic E-state index is 12.1. The summed E-state index contributed by atoms with van der Waals surface area (Å²) in [5, 5.41) is 6.37. The molecule has 3 aromatic rings. The number of thioether (sulfide) groups is 1. The molecule has 0 bridgehead atoms. The molecule has 2 amide bonds. The van der Waals surface area contributed by atoms with Crippen LogP contribution in [-0.2, 0) is 9.59 Å². The van der Waals surface area contributed by atoms with Crippen LogP contribution in [0.2, 0.25) is 0 Å². The van der Waals surface area contributed by atoms with Crippen LogP contribution >= 0.6 is 35.5 Å². The largest absolute Gasteiger partial charge is 0.497 e. The Hall–Kier alpha value is -2.49. The number of fused-ring (bicyclic) bond motifs is 1. The average molecular weight is 495 g/mol. The lowest BCUT2D eigenvalue weighted by Gasteiger charge is -2.06. The molecule has 7 nitrogen and oxygen atoms in total. The molecule has 0 aliphatic heterocycles. The van der Waals surface area contributed by atoms with E-state index < -0.39 is 0 Å². The SMILES string of the molecule is COc1ccc2nc(NC(=O)CCCCCNC(=O)CSc3ccc(N)cc3)sc2c1.Cl. The normalized spacial score (nSPS) is 10.4. The van der Waals surface area contributed by atoms with Gasteiger partial charge in [0, 0.05) is 23.5 Å². The first kappa shape index (κ1) is 25.8. The number of carbonyl (C=O) groups excluding carboxylic acids is 2. The number of amides is 2. The molecule has 0 radical (unpaired) electrons. The minimum absolute atomic E-state index is 0. The van der Waals surface area contributed by atoms with Crippen molar-refractivity contribution in [1.82, 2.24) is 10.3 Å². The standard InChI is InChI=1S/C22H26N4O3S2.ClH/c1-29-16-8-11-18-19(13-16)31-22(25-18)26-20(27)5-3-2-4-12-24-21(28)14-30-17-9-6-15(23)7-10-17;/h6-11,13H,2-5,12,14,23H2,1H3,(H,24,28)(H,25,26,27);1H. The summed E-state index contributed by atoms with van der Waals surface area (Å²) in [5.41, 5.74) is 7.20. The van der Waals surface area contributed by atoms with Gasteiger partial charge in [0.2, 0.25) is 11.8 Å². The number of nitrogens with two attached hydrogens (primary N) is 1. The summed E-state index contributed by atoms with van der Waals surface area (Å²) in [4.78, 5) is 29.5. The van der Waals surface area contributed by atoms with Crippen LogP contribution in [0.25, 0.3) is 10.2 Å². The van der Waals surface area contributed by atoms with Crippen molar-refractivity contribution in [2.45, 2.75) is 30.6 Å². The molecule has 0 spiro atoms. The van der Waals surface area contributed by atoms with Crippen LogP contribution in [0.5, 0.6) is 5.75 Å². The maximum Gasteiger partial charge on any atom is 0.230 e. The van der Waals surface area contributed by atoms with Gasteiger partial charge >= 0.3 is 0 Å². The van der Waals surface area contributed by atoms with E-state index in [-0.39, 0.29) is 24.2 Å². The van der Waals surface area contributed by atoms with Gasteiger partial charge in [0.25, 0.3) is 0 Å². The zero-order valence-corrected chi connectivity index (χ0v) is 20.2. The number of thiazole rings is 1. The highest BCUT2D eigenvalue weighted by Gasteiger charge is 2.09. The van der Waals surface area contributed by atoms with Crippen LogP contribution in [0.15, 0.2) is 47.4 Å². The Morgan fingerprint density at radius 3 is 2.62 bits per heavy atom. The molecule has 0 saturated heterocycles. The number of aromatic nitrogens is 1. The fourth-order valence-corrected chi connectivity index (χ4v) is 4.49. The molecule has 3 rings (SSSR count). The smallest absolute Gasteiger partial charge is 0.230 e. The zero-order chi connectivity index (χ0) is 22.1. The third-order valence-corrected chi connectivity index (χ3v) is 6.44. The fraction of sp³-hybridized carbons (Fsp3) is 0.318. The highest BCUT2D eigenvalue weighted by molar-refractivity contribution is 8.00. The van der Waals surface area contributed by atoms with E-state index in [1.54, 1.807) is 7.11 Å². The minimum atomic E-state index is -0.0463. The van der Waals surface area contributed by atoms with Crippen LogP contribution in [0.3, 0.4) is 0 Å². The second-order valence-electron chi connectivity index (χ2n) is 6.92. The molecule has 10 heteroatoms. The van der Waals surface area contributed by atoms with Crippen molar-refractivity contribution in [1.29, 1.82) is 0 Å². The van der Waals surface area contributed by atoms with E-state index in [9.17, 15) is 9.59 Å². The van der Waals surface area contributed by atoms with Crippen LogP contribution < -0.4 is 21.1 Å². The first-order chi connectivity index (χ1) is 15.0. The summed E-state index contributed by atoms with van der Waals surface area (Å²) in [6.07, 6.45) is 2.91. The van der Waals surface area contributed by atoms with Gasteiger partial charge in [0.1, 0.15) is 5.75 Å². The molecular formula is C22H27ClN4O3S2. The van der Waals surface area contributed by atoms with Gasteiger partial charge in [-0.15, -0.1) is 24.2 Å². The lowest BCUT2D eigenvalue weighted by atomic mass is 10.2. The Morgan fingerprint density at radius 2 is 1.88 bits per heavy atom. The van der Waals surface area contributed by atoms with Gasteiger partial charge in [-0.3, -0.25) is 9.59 Å². The van der Waals surface area contributed by atoms with E-state index >= 15 is 0 Å². The number of methoxy groups -OCH3 is 1. The van der Waals surface area contributed by atoms with Gasteiger partial charge in [0.05, 0.1) is 23.1 Å². The molecular weight excluding hydrogens is 468 g/mol. The van der Waals surface area contributed by atoms with E-state index in [4.69, 9.17) is 10.5 Å². The van der Waals surface area contributed by atoms with Gasteiger partial charge in [-0.05, 0) is 55.3 Å². The summed E-state index contributed by atoms with van der Waals surface area (Å²) < 4.78 is 6.18. The number of nitrogen functional groups attached to an aromatic ring is 1. The van der Waals surface area contributed by atoms with Gasteiger partial charge < -0.3 is 21.1 Å². The third-order valence-electron chi connectivity index (χ3n) is 4.49. The molecule has 32 heavy (non-hydrogen) atoms. The number of nitrogens with one attached hydrogen (secondary N) is 2. The molecule has 0 atom stereocenters. The number of benzene rings is 2. The predicted octanol–water partition coefficient (Wildman–Crippen LogP) is 4.72. The molecule has 2 aromatic carbocycles. The molecule has 0 saturated carbocycles.